The van der Waals surface area contributed by atoms with E-state index in [4.69, 9.17) is 21.9 Å². The summed E-state index contributed by atoms with van der Waals surface area (Å²) >= 11 is 7.48. The molecular formula is C13H9ClN2OS. The molecule has 5 heteroatoms. The summed E-state index contributed by atoms with van der Waals surface area (Å²) < 4.78 is 5.32. The van der Waals surface area contributed by atoms with Crippen LogP contribution < -0.4 is 5.73 Å². The lowest BCUT2D eigenvalue weighted by molar-refractivity contribution is 0.436. The first-order chi connectivity index (χ1) is 8.75. The van der Waals surface area contributed by atoms with E-state index < -0.39 is 0 Å². The summed E-state index contributed by atoms with van der Waals surface area (Å²) in [5, 5.41) is 8.52. The van der Waals surface area contributed by atoms with Gasteiger partial charge in [0.15, 0.2) is 11.6 Å². The van der Waals surface area contributed by atoms with Crippen molar-refractivity contribution in [2.24, 2.45) is 0 Å². The fourth-order valence-corrected chi connectivity index (χ4v) is 2.55. The molecule has 1 aromatic carbocycles. The van der Waals surface area contributed by atoms with Crippen molar-refractivity contribution >= 4 is 28.8 Å². The molecule has 0 aliphatic rings. The molecule has 0 unspecified atom stereocenters. The summed E-state index contributed by atoms with van der Waals surface area (Å²) in [5.41, 5.74) is 8.62. The molecule has 0 saturated carbocycles. The van der Waals surface area contributed by atoms with Crippen LogP contribution in [-0.4, -0.2) is 5.16 Å². The smallest absolute Gasteiger partial charge is 0.177 e. The second kappa shape index (κ2) is 4.48. The first-order valence-corrected chi connectivity index (χ1v) is 6.61. The molecule has 0 amide bonds. The van der Waals surface area contributed by atoms with Gasteiger partial charge in [0.1, 0.15) is 0 Å². The van der Waals surface area contributed by atoms with Gasteiger partial charge in [-0.25, -0.2) is 0 Å². The fraction of sp³-hybridized carbons (Fsp3) is 0. The number of nitrogens with zero attached hydrogens (tertiary/aromatic N) is 1. The Bertz CT molecular complexity index is 659. The maximum absolute atomic E-state index is 5.88. The van der Waals surface area contributed by atoms with Crippen molar-refractivity contribution in [3.05, 3.63) is 46.1 Å². The number of aromatic nitrogens is 1. The molecule has 2 aromatic heterocycles. The topological polar surface area (TPSA) is 52.0 Å². The van der Waals surface area contributed by atoms with Crippen LogP contribution >= 0.6 is 22.9 Å². The molecule has 2 heterocycles. The first kappa shape index (κ1) is 11.3. The van der Waals surface area contributed by atoms with Crippen LogP contribution in [0.25, 0.3) is 22.5 Å². The Morgan fingerprint density at radius 3 is 2.56 bits per heavy atom. The van der Waals surface area contributed by atoms with Crippen LogP contribution in [0.4, 0.5) is 5.82 Å². The van der Waals surface area contributed by atoms with Crippen molar-refractivity contribution in [1.29, 1.82) is 0 Å². The average Bonchev–Trinajstić information content (AvgIpc) is 2.99. The zero-order chi connectivity index (χ0) is 12.5. The lowest BCUT2D eigenvalue weighted by Gasteiger charge is -2.01. The lowest BCUT2D eigenvalue weighted by Crippen LogP contribution is -1.88. The van der Waals surface area contributed by atoms with E-state index in [1.165, 1.54) is 0 Å². The molecular weight excluding hydrogens is 268 g/mol. The van der Waals surface area contributed by atoms with Gasteiger partial charge in [0, 0.05) is 16.0 Å². The first-order valence-electron chi connectivity index (χ1n) is 5.29. The number of thiophene rings is 1. The number of hydrogen-bond acceptors (Lipinski definition) is 4. The number of halogens is 1. The number of anilines is 1. The van der Waals surface area contributed by atoms with Gasteiger partial charge in [0.05, 0.1) is 5.56 Å². The predicted molar refractivity (Wildman–Crippen MR) is 74.7 cm³/mol. The summed E-state index contributed by atoms with van der Waals surface area (Å²) in [6.07, 6.45) is 0. The lowest BCUT2D eigenvalue weighted by atomic mass is 10.0. The quantitative estimate of drug-likeness (QED) is 0.759. The number of hydrogen-bond donors (Lipinski definition) is 1. The summed E-state index contributed by atoms with van der Waals surface area (Å²) in [6.45, 7) is 0. The number of nitrogen functional groups attached to an aromatic ring is 1. The second-order valence-corrected chi connectivity index (χ2v) is 5.01. The predicted octanol–water partition coefficient (Wildman–Crippen LogP) is 4.31. The highest BCUT2D eigenvalue weighted by molar-refractivity contribution is 7.08. The molecule has 0 saturated heterocycles. The molecule has 0 atom stereocenters. The van der Waals surface area contributed by atoms with Crippen molar-refractivity contribution in [1.82, 2.24) is 5.16 Å². The standard InChI is InChI=1S/C13H9ClN2OS/c14-10-3-1-8(2-4-10)11-12(17-16-13(11)15)9-5-6-18-7-9/h1-7H,(H2,15,16). The maximum atomic E-state index is 5.88. The van der Waals surface area contributed by atoms with Gasteiger partial charge in [0.25, 0.3) is 0 Å². The summed E-state index contributed by atoms with van der Waals surface area (Å²) in [6, 6.07) is 9.42. The molecule has 3 rings (SSSR count). The van der Waals surface area contributed by atoms with E-state index in [0.717, 1.165) is 16.7 Å². The van der Waals surface area contributed by atoms with Crippen molar-refractivity contribution in [2.75, 3.05) is 5.73 Å². The van der Waals surface area contributed by atoms with Crippen molar-refractivity contribution in [2.45, 2.75) is 0 Å². The van der Waals surface area contributed by atoms with Crippen molar-refractivity contribution in [3.8, 4) is 22.5 Å². The maximum Gasteiger partial charge on any atom is 0.177 e. The third-order valence-corrected chi connectivity index (χ3v) is 3.57. The summed E-state index contributed by atoms with van der Waals surface area (Å²) in [4.78, 5) is 0. The number of benzene rings is 1. The Morgan fingerprint density at radius 1 is 1.11 bits per heavy atom. The molecule has 18 heavy (non-hydrogen) atoms. The van der Waals surface area contributed by atoms with E-state index in [9.17, 15) is 0 Å². The van der Waals surface area contributed by atoms with Gasteiger partial charge in [-0.05, 0) is 29.1 Å². The summed E-state index contributed by atoms with van der Waals surface area (Å²) in [5.74, 6) is 1.08. The molecule has 0 aliphatic heterocycles. The van der Waals surface area contributed by atoms with Crippen LogP contribution in [0, 0.1) is 0 Å². The minimum Gasteiger partial charge on any atom is -0.380 e. The van der Waals surface area contributed by atoms with Gasteiger partial charge in [-0.3, -0.25) is 0 Å². The van der Waals surface area contributed by atoms with E-state index in [2.05, 4.69) is 5.16 Å². The highest BCUT2D eigenvalue weighted by Crippen LogP contribution is 2.37. The fourth-order valence-electron chi connectivity index (χ4n) is 1.79. The Labute approximate surface area is 113 Å². The molecule has 0 aliphatic carbocycles. The molecule has 0 bridgehead atoms. The van der Waals surface area contributed by atoms with E-state index in [0.29, 0.717) is 16.6 Å². The third-order valence-electron chi connectivity index (χ3n) is 2.63. The Hall–Kier alpha value is -1.78. The van der Waals surface area contributed by atoms with Crippen LogP contribution in [0.2, 0.25) is 5.02 Å². The zero-order valence-corrected chi connectivity index (χ0v) is 10.8. The minimum absolute atomic E-state index is 0.388. The van der Waals surface area contributed by atoms with Crippen LogP contribution in [0.5, 0.6) is 0 Å². The molecule has 0 fully saturated rings. The molecule has 3 nitrogen and oxygen atoms in total. The van der Waals surface area contributed by atoms with E-state index in [-0.39, 0.29) is 0 Å². The SMILES string of the molecule is Nc1noc(-c2ccsc2)c1-c1ccc(Cl)cc1. The van der Waals surface area contributed by atoms with Crippen molar-refractivity contribution in [3.63, 3.8) is 0 Å². The molecule has 0 spiro atoms. The van der Waals surface area contributed by atoms with Gasteiger partial charge < -0.3 is 10.3 Å². The monoisotopic (exact) mass is 276 g/mol. The van der Waals surface area contributed by atoms with Crippen LogP contribution in [0.15, 0.2) is 45.6 Å². The third kappa shape index (κ3) is 1.89. The number of nitrogens with two attached hydrogens (primary N) is 1. The van der Waals surface area contributed by atoms with Gasteiger partial charge in [0.2, 0.25) is 0 Å². The zero-order valence-electron chi connectivity index (χ0n) is 9.26. The Morgan fingerprint density at radius 2 is 1.89 bits per heavy atom. The molecule has 2 N–H and O–H groups in total. The summed E-state index contributed by atoms with van der Waals surface area (Å²) in [7, 11) is 0. The van der Waals surface area contributed by atoms with Gasteiger partial charge >= 0.3 is 0 Å². The van der Waals surface area contributed by atoms with Crippen molar-refractivity contribution < 1.29 is 4.52 Å². The molecule has 3 aromatic rings. The van der Waals surface area contributed by atoms with Crippen LogP contribution in [-0.2, 0) is 0 Å². The normalized spacial score (nSPS) is 10.7. The van der Waals surface area contributed by atoms with Gasteiger partial charge in [-0.2, -0.15) is 11.3 Å². The van der Waals surface area contributed by atoms with Crippen LogP contribution in [0.1, 0.15) is 0 Å². The van der Waals surface area contributed by atoms with Crippen LogP contribution in [0.3, 0.4) is 0 Å². The largest absolute Gasteiger partial charge is 0.380 e. The van der Waals surface area contributed by atoms with E-state index in [1.54, 1.807) is 11.3 Å². The van der Waals surface area contributed by atoms with Gasteiger partial charge in [-0.1, -0.05) is 28.9 Å². The molecule has 0 radical (unpaired) electrons. The highest BCUT2D eigenvalue weighted by Gasteiger charge is 2.17. The molecule has 90 valence electrons. The Balaban J connectivity index is 2.17. The van der Waals surface area contributed by atoms with E-state index in [1.807, 2.05) is 41.1 Å². The average molecular weight is 277 g/mol. The highest BCUT2D eigenvalue weighted by atomic mass is 35.5. The Kier molecular flexibility index (Phi) is 2.81. The number of rotatable bonds is 2. The second-order valence-electron chi connectivity index (χ2n) is 3.79. The minimum atomic E-state index is 0.388. The van der Waals surface area contributed by atoms with E-state index >= 15 is 0 Å². The van der Waals surface area contributed by atoms with Gasteiger partial charge in [-0.15, -0.1) is 0 Å².